The summed E-state index contributed by atoms with van der Waals surface area (Å²) in [7, 11) is 0. The number of fused-ring (bicyclic) bond motifs is 1. The fourth-order valence-corrected chi connectivity index (χ4v) is 5.36. The Hall–Kier alpha value is -2.44. The molecular weight excluding hydrogens is 442 g/mol. The highest BCUT2D eigenvalue weighted by atomic mass is 35.5. The number of carbonyl (C=O) groups is 1. The first kappa shape index (κ1) is 22.4. The summed E-state index contributed by atoms with van der Waals surface area (Å²) in [5.74, 6) is -0.113. The Morgan fingerprint density at radius 1 is 1.27 bits per heavy atom. The normalized spacial score (nSPS) is 30.1. The summed E-state index contributed by atoms with van der Waals surface area (Å²) >= 11 is 6.63. The smallest absolute Gasteiger partial charge is 0.229 e. The maximum Gasteiger partial charge on any atom is 0.229 e. The van der Waals surface area contributed by atoms with Gasteiger partial charge < -0.3 is 20.1 Å². The van der Waals surface area contributed by atoms with Gasteiger partial charge in [-0.2, -0.15) is 5.26 Å². The third-order valence-electron chi connectivity index (χ3n) is 7.55. The first-order valence-electron chi connectivity index (χ1n) is 11.4. The molecule has 2 aliphatic heterocycles. The average Bonchev–Trinajstić information content (AvgIpc) is 3.12. The van der Waals surface area contributed by atoms with Crippen molar-refractivity contribution < 1.29 is 14.6 Å². The number of amides is 1. The molecule has 2 saturated heterocycles. The van der Waals surface area contributed by atoms with Crippen LogP contribution in [0.5, 0.6) is 0 Å². The number of ether oxygens (including phenoxy) is 1. The SMILES string of the molecule is C[C@]1(N2CCN(c3cc4cc(NC(=O)[C@H]5CC[C@@H]5C#N)ncc4cc3Cl)CC2)COC[C@H]1O. The highest BCUT2D eigenvalue weighted by Crippen LogP contribution is 2.36. The third-order valence-corrected chi connectivity index (χ3v) is 7.85. The number of pyridine rings is 1. The van der Waals surface area contributed by atoms with E-state index in [1.54, 1.807) is 6.20 Å². The van der Waals surface area contributed by atoms with Crippen molar-refractivity contribution in [1.29, 1.82) is 5.26 Å². The van der Waals surface area contributed by atoms with Gasteiger partial charge in [0.05, 0.1) is 53.5 Å². The highest BCUT2D eigenvalue weighted by Gasteiger charge is 2.44. The van der Waals surface area contributed by atoms with E-state index in [1.165, 1.54) is 0 Å². The molecule has 3 fully saturated rings. The molecule has 2 N–H and O–H groups in total. The van der Waals surface area contributed by atoms with E-state index < -0.39 is 6.10 Å². The molecule has 1 aliphatic carbocycles. The Balaban J connectivity index is 1.31. The van der Waals surface area contributed by atoms with Crippen LogP contribution in [-0.2, 0) is 9.53 Å². The van der Waals surface area contributed by atoms with E-state index in [0.717, 1.165) is 55.5 Å². The van der Waals surface area contributed by atoms with Crippen molar-refractivity contribution in [1.82, 2.24) is 9.88 Å². The zero-order chi connectivity index (χ0) is 23.2. The summed E-state index contributed by atoms with van der Waals surface area (Å²) in [6.45, 7) is 6.20. The van der Waals surface area contributed by atoms with Crippen molar-refractivity contribution in [3.05, 3.63) is 29.4 Å². The van der Waals surface area contributed by atoms with Crippen LogP contribution in [0.15, 0.2) is 24.4 Å². The maximum absolute atomic E-state index is 12.5. The highest BCUT2D eigenvalue weighted by molar-refractivity contribution is 6.34. The molecule has 1 amide bonds. The van der Waals surface area contributed by atoms with Crippen LogP contribution in [-0.4, -0.2) is 71.9 Å². The Kier molecular flexibility index (Phi) is 5.91. The van der Waals surface area contributed by atoms with E-state index in [0.29, 0.717) is 24.1 Å². The maximum atomic E-state index is 12.5. The Bertz CT molecular complexity index is 1110. The summed E-state index contributed by atoms with van der Waals surface area (Å²) in [6, 6.07) is 8.01. The van der Waals surface area contributed by atoms with Gasteiger partial charge in [0.2, 0.25) is 5.91 Å². The van der Waals surface area contributed by atoms with Crippen LogP contribution in [0.4, 0.5) is 11.5 Å². The number of carbonyl (C=O) groups excluding carboxylic acids is 1. The molecule has 0 bridgehead atoms. The van der Waals surface area contributed by atoms with Crippen molar-refractivity contribution in [3.8, 4) is 6.07 Å². The molecule has 4 atom stereocenters. The van der Waals surface area contributed by atoms with Gasteiger partial charge in [0.1, 0.15) is 5.82 Å². The summed E-state index contributed by atoms with van der Waals surface area (Å²) in [5.41, 5.74) is 0.604. The Morgan fingerprint density at radius 2 is 2.06 bits per heavy atom. The standard InChI is InChI=1S/C24H28ClN5O3/c1-24(14-33-13-21(24)31)30-6-4-29(5-7-30)20-9-16-10-22(27-12-17(16)8-19(20)25)28-23(32)18-3-2-15(18)11-26/h8-10,12,15,18,21,31H,2-7,13-14H2,1H3,(H,27,28,32)/t15-,18+,21-,24+/m1/s1. The second kappa shape index (κ2) is 8.73. The predicted molar refractivity (Wildman–Crippen MR) is 126 cm³/mol. The van der Waals surface area contributed by atoms with Crippen LogP contribution in [0.1, 0.15) is 19.8 Å². The lowest BCUT2D eigenvalue weighted by molar-refractivity contribution is -0.123. The van der Waals surface area contributed by atoms with Crippen LogP contribution in [0.2, 0.25) is 5.02 Å². The molecule has 1 saturated carbocycles. The lowest BCUT2D eigenvalue weighted by atomic mass is 9.74. The molecule has 174 valence electrons. The zero-order valence-electron chi connectivity index (χ0n) is 18.6. The van der Waals surface area contributed by atoms with E-state index >= 15 is 0 Å². The van der Waals surface area contributed by atoms with Gasteiger partial charge in [-0.3, -0.25) is 9.69 Å². The van der Waals surface area contributed by atoms with Crippen LogP contribution in [0.25, 0.3) is 10.8 Å². The van der Waals surface area contributed by atoms with Gasteiger partial charge in [0.25, 0.3) is 0 Å². The topological polar surface area (TPSA) is 102 Å². The number of aliphatic hydroxyl groups excluding tert-OH is 1. The largest absolute Gasteiger partial charge is 0.389 e. The van der Waals surface area contributed by atoms with Gasteiger partial charge in [-0.05, 0) is 43.4 Å². The van der Waals surface area contributed by atoms with Gasteiger partial charge in [-0.25, -0.2) is 4.98 Å². The van der Waals surface area contributed by atoms with E-state index in [1.807, 2.05) is 18.2 Å². The molecule has 3 heterocycles. The molecular formula is C24H28ClN5O3. The monoisotopic (exact) mass is 469 g/mol. The summed E-state index contributed by atoms with van der Waals surface area (Å²) in [4.78, 5) is 21.4. The number of rotatable bonds is 4. The van der Waals surface area contributed by atoms with Gasteiger partial charge in [0, 0.05) is 37.8 Å². The van der Waals surface area contributed by atoms with E-state index in [9.17, 15) is 9.90 Å². The van der Waals surface area contributed by atoms with Gasteiger partial charge >= 0.3 is 0 Å². The molecule has 9 heteroatoms. The molecule has 33 heavy (non-hydrogen) atoms. The summed E-state index contributed by atoms with van der Waals surface area (Å²) in [5, 5.41) is 24.9. The molecule has 8 nitrogen and oxygen atoms in total. The molecule has 1 aromatic carbocycles. The summed E-state index contributed by atoms with van der Waals surface area (Å²) < 4.78 is 5.50. The van der Waals surface area contributed by atoms with Crippen LogP contribution < -0.4 is 10.2 Å². The van der Waals surface area contributed by atoms with E-state index in [-0.39, 0.29) is 23.3 Å². The van der Waals surface area contributed by atoms with Crippen LogP contribution in [0.3, 0.4) is 0 Å². The number of hydrogen-bond donors (Lipinski definition) is 2. The molecule has 5 rings (SSSR count). The second-order valence-corrected chi connectivity index (χ2v) is 9.90. The number of halogens is 1. The number of nitriles is 1. The summed E-state index contributed by atoms with van der Waals surface area (Å²) in [6.07, 6.45) is 2.76. The number of piperazine rings is 1. The van der Waals surface area contributed by atoms with Gasteiger partial charge in [0.15, 0.2) is 0 Å². The van der Waals surface area contributed by atoms with Gasteiger partial charge in [-0.15, -0.1) is 0 Å². The molecule has 1 aromatic heterocycles. The minimum absolute atomic E-state index is 0.142. The average molecular weight is 470 g/mol. The minimum Gasteiger partial charge on any atom is -0.389 e. The van der Waals surface area contributed by atoms with Crippen molar-refractivity contribution in [2.45, 2.75) is 31.4 Å². The Morgan fingerprint density at radius 3 is 2.70 bits per heavy atom. The number of nitrogens with zero attached hydrogens (tertiary/aromatic N) is 4. The van der Waals surface area contributed by atoms with E-state index in [4.69, 9.17) is 21.6 Å². The number of aromatic nitrogens is 1. The fourth-order valence-electron chi connectivity index (χ4n) is 5.06. The first-order valence-corrected chi connectivity index (χ1v) is 11.8. The third kappa shape index (κ3) is 4.04. The molecule has 0 radical (unpaired) electrons. The van der Waals surface area contributed by atoms with Crippen molar-refractivity contribution in [2.24, 2.45) is 11.8 Å². The first-order chi connectivity index (χ1) is 15.9. The second-order valence-electron chi connectivity index (χ2n) is 9.49. The molecule has 2 aromatic rings. The Labute approximate surface area is 198 Å². The lowest BCUT2D eigenvalue weighted by Crippen LogP contribution is -2.60. The molecule has 0 unspecified atom stereocenters. The van der Waals surface area contributed by atoms with Crippen molar-refractivity contribution in [3.63, 3.8) is 0 Å². The molecule has 3 aliphatic rings. The van der Waals surface area contributed by atoms with Crippen molar-refractivity contribution >= 4 is 39.8 Å². The number of anilines is 2. The number of hydrogen-bond acceptors (Lipinski definition) is 7. The predicted octanol–water partition coefficient (Wildman–Crippen LogP) is 2.65. The number of nitrogens with one attached hydrogen (secondary N) is 1. The number of benzene rings is 1. The molecule has 0 spiro atoms. The minimum atomic E-state index is -0.474. The van der Waals surface area contributed by atoms with E-state index in [2.05, 4.69) is 33.1 Å². The fraction of sp³-hybridized carbons (Fsp3) is 0.542. The number of aliphatic hydroxyl groups is 1. The quantitative estimate of drug-likeness (QED) is 0.709. The van der Waals surface area contributed by atoms with Crippen LogP contribution in [0, 0.1) is 23.2 Å². The zero-order valence-corrected chi connectivity index (χ0v) is 19.4. The van der Waals surface area contributed by atoms with Crippen LogP contribution >= 0.6 is 11.6 Å². The van der Waals surface area contributed by atoms with Crippen molar-refractivity contribution in [2.75, 3.05) is 49.6 Å². The van der Waals surface area contributed by atoms with Gasteiger partial charge in [-0.1, -0.05) is 11.6 Å². The lowest BCUT2D eigenvalue weighted by Gasteiger charge is -2.45.